The molecule has 0 amide bonds. The SMILES string of the molecule is CCC(c1nnnn1C(C)(C)C)N(Cc1cc2cc(C)c(C)cc2[nH]c1=O)C1CCCCC1. The van der Waals surface area contributed by atoms with Crippen molar-refractivity contribution in [3.63, 3.8) is 0 Å². The Morgan fingerprint density at radius 1 is 1.12 bits per heavy atom. The molecule has 0 spiro atoms. The van der Waals surface area contributed by atoms with E-state index in [1.54, 1.807) is 0 Å². The number of H-pyrrole nitrogens is 1. The largest absolute Gasteiger partial charge is 0.322 e. The van der Waals surface area contributed by atoms with E-state index in [-0.39, 0.29) is 17.1 Å². The molecule has 1 N–H and O–H groups in total. The first kappa shape index (κ1) is 23.6. The number of tetrazole rings is 1. The Morgan fingerprint density at radius 3 is 2.48 bits per heavy atom. The van der Waals surface area contributed by atoms with Crippen LogP contribution in [0.4, 0.5) is 0 Å². The van der Waals surface area contributed by atoms with E-state index in [1.807, 2.05) is 4.68 Å². The second-order valence-electron chi connectivity index (χ2n) is 10.7. The van der Waals surface area contributed by atoms with E-state index in [2.05, 4.69) is 85.2 Å². The van der Waals surface area contributed by atoms with E-state index in [4.69, 9.17) is 0 Å². The molecule has 33 heavy (non-hydrogen) atoms. The molecule has 0 bridgehead atoms. The van der Waals surface area contributed by atoms with Crippen molar-refractivity contribution >= 4 is 10.9 Å². The lowest BCUT2D eigenvalue weighted by molar-refractivity contribution is 0.0810. The van der Waals surface area contributed by atoms with Gasteiger partial charge in [-0.15, -0.1) is 5.10 Å². The molecule has 1 unspecified atom stereocenters. The fraction of sp³-hybridized carbons (Fsp3) is 0.615. The van der Waals surface area contributed by atoms with E-state index in [0.29, 0.717) is 12.6 Å². The van der Waals surface area contributed by atoms with Gasteiger partial charge in [0.2, 0.25) is 0 Å². The molecule has 1 saturated carbocycles. The summed E-state index contributed by atoms with van der Waals surface area (Å²) in [5.74, 6) is 0.888. The Hall–Kier alpha value is -2.54. The van der Waals surface area contributed by atoms with Gasteiger partial charge in [-0.3, -0.25) is 9.69 Å². The summed E-state index contributed by atoms with van der Waals surface area (Å²) in [6.45, 7) is 13.4. The Kier molecular flexibility index (Phi) is 6.71. The van der Waals surface area contributed by atoms with Crippen LogP contribution in [0.15, 0.2) is 23.0 Å². The van der Waals surface area contributed by atoms with E-state index >= 15 is 0 Å². The van der Waals surface area contributed by atoms with E-state index in [9.17, 15) is 4.79 Å². The van der Waals surface area contributed by atoms with Gasteiger partial charge in [0.15, 0.2) is 5.82 Å². The third-order valence-corrected chi connectivity index (χ3v) is 7.15. The van der Waals surface area contributed by atoms with Crippen LogP contribution in [0.1, 0.15) is 94.8 Å². The van der Waals surface area contributed by atoms with E-state index in [1.165, 1.54) is 30.4 Å². The van der Waals surface area contributed by atoms with Crippen LogP contribution in [0, 0.1) is 13.8 Å². The molecule has 1 fully saturated rings. The second-order valence-corrected chi connectivity index (χ2v) is 10.7. The lowest BCUT2D eigenvalue weighted by atomic mass is 9.92. The molecule has 4 rings (SSSR count). The minimum Gasteiger partial charge on any atom is -0.322 e. The van der Waals surface area contributed by atoms with Crippen LogP contribution in [0.25, 0.3) is 10.9 Å². The molecule has 0 radical (unpaired) electrons. The number of fused-ring (bicyclic) bond motifs is 1. The number of hydrogen-bond donors (Lipinski definition) is 1. The summed E-state index contributed by atoms with van der Waals surface area (Å²) < 4.78 is 1.95. The predicted octanol–water partition coefficient (Wildman–Crippen LogP) is 5.17. The Balaban J connectivity index is 1.77. The number of aromatic amines is 1. The third kappa shape index (κ3) is 4.88. The quantitative estimate of drug-likeness (QED) is 0.560. The minimum atomic E-state index is -0.208. The normalized spacial score (nSPS) is 16.6. The molecule has 1 aliphatic carbocycles. The van der Waals surface area contributed by atoms with Crippen molar-refractivity contribution in [2.75, 3.05) is 0 Å². The monoisotopic (exact) mass is 450 g/mol. The lowest BCUT2D eigenvalue weighted by Crippen LogP contribution is -2.42. The Labute approximate surface area is 196 Å². The van der Waals surface area contributed by atoms with Crippen LogP contribution in [0.3, 0.4) is 0 Å². The molecule has 7 nitrogen and oxygen atoms in total. The summed E-state index contributed by atoms with van der Waals surface area (Å²) in [5, 5.41) is 13.9. The number of aromatic nitrogens is 5. The van der Waals surface area contributed by atoms with Crippen molar-refractivity contribution in [1.29, 1.82) is 0 Å². The second kappa shape index (κ2) is 9.37. The van der Waals surface area contributed by atoms with Crippen LogP contribution < -0.4 is 5.56 Å². The number of benzene rings is 1. The summed E-state index contributed by atoms with van der Waals surface area (Å²) in [6.07, 6.45) is 6.93. The maximum Gasteiger partial charge on any atom is 0.252 e. The van der Waals surface area contributed by atoms with Crippen molar-refractivity contribution in [1.82, 2.24) is 30.1 Å². The van der Waals surface area contributed by atoms with Gasteiger partial charge in [0.05, 0.1) is 11.6 Å². The number of nitrogens with zero attached hydrogens (tertiary/aromatic N) is 5. The highest BCUT2D eigenvalue weighted by molar-refractivity contribution is 5.80. The summed E-state index contributed by atoms with van der Waals surface area (Å²) in [6, 6.07) is 6.80. The third-order valence-electron chi connectivity index (χ3n) is 7.15. The molecule has 7 heteroatoms. The van der Waals surface area contributed by atoms with Crippen LogP contribution in [-0.4, -0.2) is 36.1 Å². The van der Waals surface area contributed by atoms with E-state index < -0.39 is 0 Å². The summed E-state index contributed by atoms with van der Waals surface area (Å²) >= 11 is 0. The zero-order valence-electron chi connectivity index (χ0n) is 21.0. The molecule has 1 atom stereocenters. The van der Waals surface area contributed by atoms with Crippen molar-refractivity contribution in [2.45, 2.75) is 104 Å². The van der Waals surface area contributed by atoms with Gasteiger partial charge in [-0.25, -0.2) is 4.68 Å². The van der Waals surface area contributed by atoms with Crippen molar-refractivity contribution in [3.8, 4) is 0 Å². The lowest BCUT2D eigenvalue weighted by Gasteiger charge is -2.39. The molecule has 2 heterocycles. The fourth-order valence-corrected chi connectivity index (χ4v) is 5.19. The highest BCUT2D eigenvalue weighted by Crippen LogP contribution is 2.34. The van der Waals surface area contributed by atoms with Gasteiger partial charge in [0, 0.05) is 23.7 Å². The van der Waals surface area contributed by atoms with Gasteiger partial charge in [-0.2, -0.15) is 0 Å². The highest BCUT2D eigenvalue weighted by Gasteiger charge is 2.33. The van der Waals surface area contributed by atoms with Gasteiger partial charge < -0.3 is 4.98 Å². The summed E-state index contributed by atoms with van der Waals surface area (Å²) in [5.41, 5.74) is 3.93. The van der Waals surface area contributed by atoms with Gasteiger partial charge in [-0.1, -0.05) is 26.2 Å². The van der Waals surface area contributed by atoms with Crippen molar-refractivity contribution < 1.29 is 0 Å². The molecule has 0 aliphatic heterocycles. The number of nitrogens with one attached hydrogen (secondary N) is 1. The summed E-state index contributed by atoms with van der Waals surface area (Å²) in [4.78, 5) is 18.8. The highest BCUT2D eigenvalue weighted by atomic mass is 16.1. The number of pyridine rings is 1. The molecule has 0 saturated heterocycles. The zero-order chi connectivity index (χ0) is 23.8. The first-order chi connectivity index (χ1) is 15.7. The summed E-state index contributed by atoms with van der Waals surface area (Å²) in [7, 11) is 0. The Bertz CT molecular complexity index is 1170. The average Bonchev–Trinajstić information content (AvgIpc) is 3.26. The molecular weight excluding hydrogens is 412 g/mol. The topological polar surface area (TPSA) is 79.7 Å². The molecule has 2 aromatic heterocycles. The number of aryl methyl sites for hydroxylation is 2. The Morgan fingerprint density at radius 2 is 1.82 bits per heavy atom. The maximum atomic E-state index is 13.1. The standard InChI is InChI=1S/C26H38N6O/c1-7-23(24-28-29-30-32(24)26(4,5)6)31(21-11-9-8-10-12-21)16-20-15-19-13-17(2)18(3)14-22(19)27-25(20)33/h13-15,21,23H,7-12,16H2,1-6H3,(H,27,33). The van der Waals surface area contributed by atoms with Crippen LogP contribution in [-0.2, 0) is 12.1 Å². The zero-order valence-corrected chi connectivity index (χ0v) is 21.0. The van der Waals surface area contributed by atoms with Gasteiger partial charge in [0.25, 0.3) is 5.56 Å². The van der Waals surface area contributed by atoms with Crippen LogP contribution in [0.2, 0.25) is 0 Å². The molecule has 1 aromatic carbocycles. The fourth-order valence-electron chi connectivity index (χ4n) is 5.19. The van der Waals surface area contributed by atoms with Gasteiger partial charge in [0.1, 0.15) is 0 Å². The molecule has 1 aliphatic rings. The average molecular weight is 451 g/mol. The first-order valence-corrected chi connectivity index (χ1v) is 12.4. The van der Waals surface area contributed by atoms with Gasteiger partial charge >= 0.3 is 0 Å². The smallest absolute Gasteiger partial charge is 0.252 e. The number of rotatable bonds is 6. The molecule has 178 valence electrons. The van der Waals surface area contributed by atoms with Crippen molar-refractivity contribution in [2.24, 2.45) is 0 Å². The van der Waals surface area contributed by atoms with Crippen LogP contribution >= 0.6 is 0 Å². The van der Waals surface area contributed by atoms with E-state index in [0.717, 1.165) is 41.6 Å². The van der Waals surface area contributed by atoms with Crippen molar-refractivity contribution in [3.05, 3.63) is 51.1 Å². The predicted molar refractivity (Wildman–Crippen MR) is 132 cm³/mol. The maximum absolute atomic E-state index is 13.1. The minimum absolute atomic E-state index is 0.00294. The number of hydrogen-bond acceptors (Lipinski definition) is 5. The molecule has 3 aromatic rings. The first-order valence-electron chi connectivity index (χ1n) is 12.4. The van der Waals surface area contributed by atoms with Crippen LogP contribution in [0.5, 0.6) is 0 Å². The molecular formula is C26H38N6O. The van der Waals surface area contributed by atoms with Gasteiger partial charge in [-0.05, 0) is 99.0 Å².